The number of benzene rings is 2. The van der Waals surface area contributed by atoms with Crippen molar-refractivity contribution in [1.82, 2.24) is 5.32 Å². The Labute approximate surface area is 183 Å². The Kier molecular flexibility index (Phi) is 8.02. The standard InChI is InChI=1S/C21H25Cl2N3O.ClH/c1-13-7-4-9-16(22)19(13)25-21(27)26(15(3)18-11-6-12-24-18)20-14(2)8-5-10-17(20)23;/h4-5,7-10,15,18,24H,6,11-12H2,1-3H3,(H,25,27);1H. The van der Waals surface area contributed by atoms with Crippen LogP contribution in [0.3, 0.4) is 0 Å². The molecule has 7 heteroatoms. The lowest BCUT2D eigenvalue weighted by Gasteiger charge is -2.35. The molecule has 2 aromatic rings. The van der Waals surface area contributed by atoms with E-state index in [2.05, 4.69) is 17.6 Å². The fraction of sp³-hybridized carbons (Fsp3) is 0.381. The van der Waals surface area contributed by atoms with Gasteiger partial charge in [-0.25, -0.2) is 4.79 Å². The highest BCUT2D eigenvalue weighted by atomic mass is 35.5. The van der Waals surface area contributed by atoms with Crippen LogP contribution in [0.15, 0.2) is 36.4 Å². The monoisotopic (exact) mass is 441 g/mol. The largest absolute Gasteiger partial charge is 0.326 e. The van der Waals surface area contributed by atoms with Crippen LogP contribution in [0, 0.1) is 13.8 Å². The van der Waals surface area contributed by atoms with Crippen molar-refractivity contribution in [3.8, 4) is 0 Å². The Morgan fingerprint density at radius 1 is 1.14 bits per heavy atom. The molecule has 1 heterocycles. The van der Waals surface area contributed by atoms with Crippen LogP contribution in [-0.4, -0.2) is 24.7 Å². The second kappa shape index (κ2) is 9.84. The number of carbonyl (C=O) groups excluding carboxylic acids is 1. The second-order valence-electron chi connectivity index (χ2n) is 7.08. The van der Waals surface area contributed by atoms with Crippen molar-refractivity contribution in [2.75, 3.05) is 16.8 Å². The summed E-state index contributed by atoms with van der Waals surface area (Å²) in [5, 5.41) is 7.58. The van der Waals surface area contributed by atoms with Crippen molar-refractivity contribution < 1.29 is 4.79 Å². The Bertz CT molecular complexity index is 797. The summed E-state index contributed by atoms with van der Waals surface area (Å²) < 4.78 is 0. The first-order valence-corrected chi connectivity index (χ1v) is 9.99. The van der Waals surface area contributed by atoms with Gasteiger partial charge in [0.05, 0.1) is 27.5 Å². The number of urea groups is 1. The van der Waals surface area contributed by atoms with E-state index in [1.54, 1.807) is 11.0 Å². The molecule has 0 aromatic heterocycles. The average Bonchev–Trinajstić information content (AvgIpc) is 3.15. The quantitative estimate of drug-likeness (QED) is 0.591. The summed E-state index contributed by atoms with van der Waals surface area (Å²) in [6.45, 7) is 6.92. The number of hydrogen-bond donors (Lipinski definition) is 2. The third-order valence-electron chi connectivity index (χ3n) is 5.19. The van der Waals surface area contributed by atoms with Gasteiger partial charge in [-0.15, -0.1) is 12.4 Å². The van der Waals surface area contributed by atoms with Crippen LogP contribution in [0.2, 0.25) is 10.0 Å². The maximum Gasteiger partial charge on any atom is 0.326 e. The van der Waals surface area contributed by atoms with Gasteiger partial charge in [-0.3, -0.25) is 4.90 Å². The molecule has 0 aliphatic carbocycles. The number of hydrogen-bond acceptors (Lipinski definition) is 2. The highest BCUT2D eigenvalue weighted by Gasteiger charge is 2.32. The summed E-state index contributed by atoms with van der Waals surface area (Å²) in [6, 6.07) is 11.2. The first-order valence-electron chi connectivity index (χ1n) is 9.24. The number of anilines is 2. The molecule has 1 aliphatic rings. The maximum absolute atomic E-state index is 13.4. The summed E-state index contributed by atoms with van der Waals surface area (Å²) in [4.78, 5) is 15.2. The first-order chi connectivity index (χ1) is 12.9. The van der Waals surface area contributed by atoms with Crippen LogP contribution in [0.25, 0.3) is 0 Å². The summed E-state index contributed by atoms with van der Waals surface area (Å²) in [6.07, 6.45) is 2.13. The molecule has 0 spiro atoms. The van der Waals surface area contributed by atoms with Gasteiger partial charge < -0.3 is 10.6 Å². The topological polar surface area (TPSA) is 44.4 Å². The summed E-state index contributed by atoms with van der Waals surface area (Å²) in [5.41, 5.74) is 3.24. The molecule has 4 nitrogen and oxygen atoms in total. The smallest absolute Gasteiger partial charge is 0.312 e. The fourth-order valence-electron chi connectivity index (χ4n) is 3.68. The molecule has 3 rings (SSSR count). The van der Waals surface area contributed by atoms with Gasteiger partial charge in [0, 0.05) is 6.04 Å². The molecular formula is C21H26Cl3N3O. The van der Waals surface area contributed by atoms with Gasteiger partial charge in [0.2, 0.25) is 0 Å². The lowest BCUT2D eigenvalue weighted by molar-refractivity contribution is 0.253. The zero-order chi connectivity index (χ0) is 19.6. The summed E-state index contributed by atoms with van der Waals surface area (Å²) in [7, 11) is 0. The van der Waals surface area contributed by atoms with Crippen LogP contribution in [0.1, 0.15) is 30.9 Å². The van der Waals surface area contributed by atoms with Crippen LogP contribution in [0.5, 0.6) is 0 Å². The van der Waals surface area contributed by atoms with Gasteiger partial charge in [-0.2, -0.15) is 0 Å². The lowest BCUT2D eigenvalue weighted by atomic mass is 10.0. The molecule has 0 saturated carbocycles. The Morgan fingerprint density at radius 2 is 1.79 bits per heavy atom. The second-order valence-corrected chi connectivity index (χ2v) is 7.90. The Morgan fingerprint density at radius 3 is 2.36 bits per heavy atom. The zero-order valence-corrected chi connectivity index (χ0v) is 18.6. The number of halogens is 3. The van der Waals surface area contributed by atoms with Gasteiger partial charge in [0.1, 0.15) is 0 Å². The Hall–Kier alpha value is -1.46. The van der Waals surface area contributed by atoms with Crippen molar-refractivity contribution in [2.45, 2.75) is 45.7 Å². The highest BCUT2D eigenvalue weighted by Crippen LogP contribution is 2.34. The predicted octanol–water partition coefficient (Wildman–Crippen LogP) is 6.21. The Balaban J connectivity index is 0.00000280. The number of rotatable bonds is 4. The van der Waals surface area contributed by atoms with Crippen LogP contribution >= 0.6 is 35.6 Å². The third-order valence-corrected chi connectivity index (χ3v) is 5.81. The number of aryl methyl sites for hydroxylation is 2. The summed E-state index contributed by atoms with van der Waals surface area (Å²) >= 11 is 12.8. The van der Waals surface area contributed by atoms with E-state index in [0.717, 1.165) is 36.2 Å². The number of nitrogens with zero attached hydrogens (tertiary/aromatic N) is 1. The number of amides is 2. The van der Waals surface area contributed by atoms with Gasteiger partial charge in [-0.05, 0) is 63.4 Å². The lowest BCUT2D eigenvalue weighted by Crippen LogP contribution is -2.51. The van der Waals surface area contributed by atoms with Gasteiger partial charge in [0.15, 0.2) is 0 Å². The van der Waals surface area contributed by atoms with Gasteiger partial charge in [-0.1, -0.05) is 47.5 Å². The van der Waals surface area contributed by atoms with E-state index in [1.807, 2.05) is 44.2 Å². The average molecular weight is 443 g/mol. The molecule has 2 amide bonds. The molecule has 2 N–H and O–H groups in total. The van der Waals surface area contributed by atoms with E-state index < -0.39 is 0 Å². The molecule has 1 aliphatic heterocycles. The number of nitrogens with one attached hydrogen (secondary N) is 2. The molecule has 28 heavy (non-hydrogen) atoms. The minimum Gasteiger partial charge on any atom is -0.312 e. The van der Waals surface area contributed by atoms with E-state index in [1.165, 1.54) is 0 Å². The molecule has 2 aromatic carbocycles. The van der Waals surface area contributed by atoms with Crippen molar-refractivity contribution in [2.24, 2.45) is 0 Å². The van der Waals surface area contributed by atoms with Crippen molar-refractivity contribution >= 4 is 53.0 Å². The van der Waals surface area contributed by atoms with Crippen molar-refractivity contribution in [1.29, 1.82) is 0 Å². The molecule has 2 unspecified atom stereocenters. The molecule has 1 saturated heterocycles. The third kappa shape index (κ3) is 4.74. The van der Waals surface area contributed by atoms with E-state index >= 15 is 0 Å². The predicted molar refractivity (Wildman–Crippen MR) is 122 cm³/mol. The van der Waals surface area contributed by atoms with Gasteiger partial charge >= 0.3 is 6.03 Å². The highest BCUT2D eigenvalue weighted by molar-refractivity contribution is 6.35. The van der Waals surface area contributed by atoms with Crippen LogP contribution < -0.4 is 15.5 Å². The number of carbonyl (C=O) groups is 1. The molecule has 0 radical (unpaired) electrons. The zero-order valence-electron chi connectivity index (χ0n) is 16.3. The molecular weight excluding hydrogens is 417 g/mol. The molecule has 2 atom stereocenters. The van der Waals surface area contributed by atoms with E-state index in [-0.39, 0.29) is 30.5 Å². The summed E-state index contributed by atoms with van der Waals surface area (Å²) in [5.74, 6) is 0. The van der Waals surface area contributed by atoms with Crippen molar-refractivity contribution in [3.63, 3.8) is 0 Å². The van der Waals surface area contributed by atoms with Crippen LogP contribution in [-0.2, 0) is 0 Å². The van der Waals surface area contributed by atoms with Crippen LogP contribution in [0.4, 0.5) is 16.2 Å². The minimum absolute atomic E-state index is 0. The fourth-order valence-corrected chi connectivity index (χ4v) is 4.26. The van der Waals surface area contributed by atoms with Crippen molar-refractivity contribution in [3.05, 3.63) is 57.6 Å². The molecule has 1 fully saturated rings. The molecule has 0 bridgehead atoms. The SMILES string of the molecule is Cc1cccc(Cl)c1NC(=O)N(c1c(C)cccc1Cl)C(C)C1CCCN1.Cl. The van der Waals surface area contributed by atoms with Gasteiger partial charge in [0.25, 0.3) is 0 Å². The maximum atomic E-state index is 13.4. The van der Waals surface area contributed by atoms with E-state index in [4.69, 9.17) is 23.2 Å². The van der Waals surface area contributed by atoms with E-state index in [0.29, 0.717) is 15.7 Å². The number of para-hydroxylation sites is 2. The molecule has 152 valence electrons. The first kappa shape index (κ1) is 22.8. The normalized spacial score (nSPS) is 17.0. The minimum atomic E-state index is -0.233. The van der Waals surface area contributed by atoms with E-state index in [9.17, 15) is 4.79 Å².